The molecule has 4 nitrogen and oxygen atoms in total. The fourth-order valence-corrected chi connectivity index (χ4v) is 4.64. The van der Waals surface area contributed by atoms with Gasteiger partial charge in [-0.15, -0.1) is 0 Å². The van der Waals surface area contributed by atoms with Crippen molar-refractivity contribution >= 4 is 38.3 Å². The van der Waals surface area contributed by atoms with Gasteiger partial charge in [0.2, 0.25) is 0 Å². The minimum Gasteiger partial charge on any atom is -0.381 e. The van der Waals surface area contributed by atoms with Gasteiger partial charge in [-0.1, -0.05) is 15.9 Å². The minimum atomic E-state index is 0.202. The maximum Gasteiger partial charge on any atom is 0.169 e. The van der Waals surface area contributed by atoms with Crippen LogP contribution in [-0.4, -0.2) is 42.3 Å². The summed E-state index contributed by atoms with van der Waals surface area (Å²) in [6.45, 7) is 1.17. The lowest BCUT2D eigenvalue weighted by Crippen LogP contribution is -2.31. The van der Waals surface area contributed by atoms with E-state index in [1.54, 1.807) is 6.20 Å². The highest BCUT2D eigenvalue weighted by Gasteiger charge is 2.33. The normalized spacial score (nSPS) is 23.0. The van der Waals surface area contributed by atoms with Gasteiger partial charge >= 0.3 is 0 Å². The smallest absolute Gasteiger partial charge is 0.169 e. The number of fused-ring (bicyclic) bond motifs is 1. The van der Waals surface area contributed by atoms with Gasteiger partial charge in [0.15, 0.2) is 5.78 Å². The molecule has 2 saturated carbocycles. The van der Waals surface area contributed by atoms with Crippen molar-refractivity contribution in [3.8, 4) is 0 Å². The van der Waals surface area contributed by atoms with E-state index >= 15 is 0 Å². The third kappa shape index (κ3) is 4.35. The number of anilines is 1. The molecule has 0 aliphatic heterocycles. The van der Waals surface area contributed by atoms with Crippen molar-refractivity contribution in [2.45, 2.75) is 44.6 Å². The van der Waals surface area contributed by atoms with Crippen molar-refractivity contribution < 1.29 is 4.79 Å². The quantitative estimate of drug-likeness (QED) is 0.646. The zero-order valence-corrected chi connectivity index (χ0v) is 17.8. The second-order valence-corrected chi connectivity index (χ2v) is 9.39. The van der Waals surface area contributed by atoms with Crippen LogP contribution in [0, 0.1) is 11.8 Å². The first kappa shape index (κ1) is 18.9. The number of pyridine rings is 1. The lowest BCUT2D eigenvalue weighted by atomic mass is 9.85. The Labute approximate surface area is 169 Å². The van der Waals surface area contributed by atoms with Gasteiger partial charge in [0.05, 0.1) is 16.8 Å². The van der Waals surface area contributed by atoms with E-state index in [9.17, 15) is 4.79 Å². The molecule has 2 aromatic rings. The summed E-state index contributed by atoms with van der Waals surface area (Å²) in [6, 6.07) is 6.54. The topological polar surface area (TPSA) is 45.2 Å². The molecule has 2 aliphatic carbocycles. The van der Waals surface area contributed by atoms with Crippen LogP contribution in [0.1, 0.15) is 48.9 Å². The summed E-state index contributed by atoms with van der Waals surface area (Å²) in [5.41, 5.74) is 2.71. The zero-order chi connectivity index (χ0) is 19.0. The highest BCUT2D eigenvalue weighted by atomic mass is 79.9. The molecule has 0 atom stereocenters. The van der Waals surface area contributed by atoms with E-state index in [-0.39, 0.29) is 11.7 Å². The Morgan fingerprint density at radius 3 is 2.59 bits per heavy atom. The third-order valence-corrected chi connectivity index (χ3v) is 6.36. The van der Waals surface area contributed by atoms with Crippen LogP contribution in [0.4, 0.5) is 5.69 Å². The van der Waals surface area contributed by atoms with Crippen LogP contribution in [0.2, 0.25) is 0 Å². The Morgan fingerprint density at radius 1 is 1.19 bits per heavy atom. The third-order valence-electron chi connectivity index (χ3n) is 5.86. The molecular weight excluding hydrogens is 402 g/mol. The van der Waals surface area contributed by atoms with Crippen LogP contribution in [0.25, 0.3) is 10.9 Å². The molecule has 1 aromatic carbocycles. The molecule has 0 bridgehead atoms. The lowest BCUT2D eigenvalue weighted by molar-refractivity contribution is 0.0968. The van der Waals surface area contributed by atoms with E-state index in [0.29, 0.717) is 6.04 Å². The Hall–Kier alpha value is -1.46. The van der Waals surface area contributed by atoms with Gasteiger partial charge in [-0.2, -0.15) is 0 Å². The largest absolute Gasteiger partial charge is 0.381 e. The molecule has 0 spiro atoms. The minimum absolute atomic E-state index is 0.202. The van der Waals surface area contributed by atoms with Gasteiger partial charge in [-0.05, 0) is 76.7 Å². The van der Waals surface area contributed by atoms with Gasteiger partial charge in [0.25, 0.3) is 0 Å². The number of carbonyl (C=O) groups excluding carboxylic acids is 1. The number of nitrogens with one attached hydrogen (secondary N) is 1. The predicted octanol–water partition coefficient (Wildman–Crippen LogP) is 5.12. The maximum absolute atomic E-state index is 12.9. The summed E-state index contributed by atoms with van der Waals surface area (Å²) in [5, 5.41) is 4.81. The molecule has 5 heteroatoms. The van der Waals surface area contributed by atoms with Crippen molar-refractivity contribution in [3.63, 3.8) is 0 Å². The van der Waals surface area contributed by atoms with E-state index in [0.717, 1.165) is 58.2 Å². The number of nitrogens with zero attached hydrogens (tertiary/aromatic N) is 2. The van der Waals surface area contributed by atoms with Gasteiger partial charge in [-0.3, -0.25) is 9.78 Å². The highest BCUT2D eigenvalue weighted by Crippen LogP contribution is 2.38. The molecule has 1 heterocycles. The van der Waals surface area contributed by atoms with Crippen molar-refractivity contribution in [2.24, 2.45) is 11.8 Å². The Bertz CT molecular complexity index is 839. The van der Waals surface area contributed by atoms with Gasteiger partial charge in [0, 0.05) is 34.6 Å². The Morgan fingerprint density at radius 2 is 1.93 bits per heavy atom. The van der Waals surface area contributed by atoms with Gasteiger partial charge in [-0.25, -0.2) is 0 Å². The summed E-state index contributed by atoms with van der Waals surface area (Å²) < 4.78 is 1.02. The van der Waals surface area contributed by atoms with Crippen LogP contribution in [-0.2, 0) is 0 Å². The summed E-state index contributed by atoms with van der Waals surface area (Å²) in [7, 11) is 4.31. The SMILES string of the molecule is CN(C)C[C@H]1CC[C@H](Nc2c(C(=O)C3CC3)cnc3ccc(Br)cc23)CC1. The number of benzene rings is 1. The molecule has 1 aromatic heterocycles. The van der Waals surface area contributed by atoms with Crippen molar-refractivity contribution in [3.05, 3.63) is 34.4 Å². The van der Waals surface area contributed by atoms with Crippen molar-refractivity contribution in [1.82, 2.24) is 9.88 Å². The maximum atomic E-state index is 12.9. The number of Topliss-reactive ketones (excluding diaryl/α,β-unsaturated/α-hetero) is 1. The second-order valence-electron chi connectivity index (χ2n) is 8.47. The summed E-state index contributed by atoms with van der Waals surface area (Å²) in [4.78, 5) is 19.7. The molecule has 1 N–H and O–H groups in total. The molecule has 27 heavy (non-hydrogen) atoms. The average molecular weight is 430 g/mol. The predicted molar refractivity (Wildman–Crippen MR) is 114 cm³/mol. The first-order valence-corrected chi connectivity index (χ1v) is 10.8. The second kappa shape index (κ2) is 7.88. The van der Waals surface area contributed by atoms with Crippen molar-refractivity contribution in [1.29, 1.82) is 0 Å². The summed E-state index contributed by atoms with van der Waals surface area (Å²) >= 11 is 3.58. The first-order valence-electron chi connectivity index (χ1n) is 10.0. The van der Waals surface area contributed by atoms with E-state index < -0.39 is 0 Å². The molecule has 0 radical (unpaired) electrons. The molecule has 2 aliphatic rings. The number of aromatic nitrogens is 1. The van der Waals surface area contributed by atoms with Crippen LogP contribution >= 0.6 is 15.9 Å². The molecule has 0 unspecified atom stereocenters. The van der Waals surface area contributed by atoms with Crippen LogP contribution < -0.4 is 5.32 Å². The van der Waals surface area contributed by atoms with E-state index in [1.807, 2.05) is 12.1 Å². The standard InChI is InChI=1S/C22H28BrN3O/c1-26(2)13-14-3-8-17(9-4-14)25-21-18-11-16(23)7-10-20(18)24-12-19(21)22(27)15-5-6-15/h7,10-12,14-15,17H,3-6,8-9,13H2,1-2H3,(H,24,25)/t14-,17-. The molecule has 4 rings (SSSR count). The molecule has 2 fully saturated rings. The zero-order valence-electron chi connectivity index (χ0n) is 16.2. The van der Waals surface area contributed by atoms with E-state index in [2.05, 4.69) is 51.3 Å². The van der Waals surface area contributed by atoms with E-state index in [1.165, 1.54) is 19.4 Å². The molecule has 144 valence electrons. The van der Waals surface area contributed by atoms with Gasteiger partial charge < -0.3 is 10.2 Å². The molecule has 0 amide bonds. The molecule has 0 saturated heterocycles. The molecular formula is C22H28BrN3O. The Balaban J connectivity index is 1.60. The van der Waals surface area contributed by atoms with Crippen LogP contribution in [0.5, 0.6) is 0 Å². The highest BCUT2D eigenvalue weighted by molar-refractivity contribution is 9.10. The average Bonchev–Trinajstić information content (AvgIpc) is 3.48. The summed E-state index contributed by atoms with van der Waals surface area (Å²) in [6.07, 6.45) is 8.63. The Kier molecular flexibility index (Phi) is 5.51. The van der Waals surface area contributed by atoms with Crippen molar-refractivity contribution in [2.75, 3.05) is 26.0 Å². The number of halogens is 1. The first-order chi connectivity index (χ1) is 13.0. The number of hydrogen-bond acceptors (Lipinski definition) is 4. The fourth-order valence-electron chi connectivity index (χ4n) is 4.28. The lowest BCUT2D eigenvalue weighted by Gasteiger charge is -2.32. The number of hydrogen-bond donors (Lipinski definition) is 1. The van der Waals surface area contributed by atoms with Crippen LogP contribution in [0.15, 0.2) is 28.9 Å². The summed E-state index contributed by atoms with van der Waals surface area (Å²) in [5.74, 6) is 1.25. The number of ketones is 1. The van der Waals surface area contributed by atoms with Gasteiger partial charge in [0.1, 0.15) is 0 Å². The van der Waals surface area contributed by atoms with Crippen LogP contribution in [0.3, 0.4) is 0 Å². The number of rotatable bonds is 6. The van der Waals surface area contributed by atoms with E-state index in [4.69, 9.17) is 0 Å². The monoisotopic (exact) mass is 429 g/mol. The fraction of sp³-hybridized carbons (Fsp3) is 0.545. The number of carbonyl (C=O) groups is 1.